The Hall–Kier alpha value is -2.40. The lowest BCUT2D eigenvalue weighted by molar-refractivity contribution is -0.158. The number of alkyl halides is 2. The Morgan fingerprint density at radius 2 is 1.94 bits per heavy atom. The standard InChI is InChI=1S/C28H31F2NOS/c1-20(10-11-21-12-14-31-15-13-21)16-26-19-24-17-22(6-3-4-9-27(24)33-26)23-7-5-8-25(18-23)32-28(2,29)30/h5-9,12-15,18-20,24H,3-4,10-11,16-17H2,1-2H3. The molecule has 1 aromatic heterocycles. The van der Waals surface area contributed by atoms with Gasteiger partial charge in [-0.2, -0.15) is 8.78 Å². The van der Waals surface area contributed by atoms with Crippen molar-refractivity contribution >= 4 is 17.3 Å². The van der Waals surface area contributed by atoms with Gasteiger partial charge >= 0.3 is 6.11 Å². The monoisotopic (exact) mass is 467 g/mol. The van der Waals surface area contributed by atoms with Crippen molar-refractivity contribution in [3.63, 3.8) is 0 Å². The SMILES string of the molecule is CC(CCc1ccncc1)CC1=CC2CC(c3cccc(OC(C)(F)F)c3)=CCCC=C2S1. The number of halogens is 2. The van der Waals surface area contributed by atoms with Crippen LogP contribution in [0.15, 0.2) is 76.8 Å². The molecule has 2 nitrogen and oxygen atoms in total. The number of ether oxygens (including phenoxy) is 1. The van der Waals surface area contributed by atoms with E-state index in [9.17, 15) is 8.78 Å². The molecule has 2 heterocycles. The average molecular weight is 468 g/mol. The van der Waals surface area contributed by atoms with Gasteiger partial charge in [0.25, 0.3) is 0 Å². The summed E-state index contributed by atoms with van der Waals surface area (Å²) in [5, 5.41) is 0. The fourth-order valence-corrected chi connectivity index (χ4v) is 5.85. The first kappa shape index (κ1) is 23.7. The van der Waals surface area contributed by atoms with Gasteiger partial charge in [-0.05, 0) is 95.2 Å². The van der Waals surface area contributed by atoms with E-state index in [0.29, 0.717) is 11.8 Å². The number of hydrogen-bond acceptors (Lipinski definition) is 3. The molecule has 0 spiro atoms. The van der Waals surface area contributed by atoms with Crippen LogP contribution in [0.1, 0.15) is 57.1 Å². The molecule has 0 amide bonds. The normalized spacial score (nSPS) is 19.5. The molecular weight excluding hydrogens is 436 g/mol. The van der Waals surface area contributed by atoms with Crippen LogP contribution in [-0.4, -0.2) is 11.1 Å². The Balaban J connectivity index is 1.41. The van der Waals surface area contributed by atoms with Crippen molar-refractivity contribution in [3.05, 3.63) is 88.0 Å². The Morgan fingerprint density at radius 3 is 2.73 bits per heavy atom. The van der Waals surface area contributed by atoms with Crippen LogP contribution in [0, 0.1) is 11.8 Å². The first-order chi connectivity index (χ1) is 15.9. The van der Waals surface area contributed by atoms with Gasteiger partial charge in [0.2, 0.25) is 0 Å². The lowest BCUT2D eigenvalue weighted by atomic mass is 9.89. The number of hydrogen-bond donors (Lipinski definition) is 0. The van der Waals surface area contributed by atoms with E-state index in [1.807, 2.05) is 30.2 Å². The van der Waals surface area contributed by atoms with Gasteiger partial charge in [0, 0.05) is 25.2 Å². The summed E-state index contributed by atoms with van der Waals surface area (Å²) in [5.41, 5.74) is 3.52. The molecule has 0 N–H and O–H groups in total. The number of pyridine rings is 1. The Bertz CT molecular complexity index is 1040. The maximum absolute atomic E-state index is 13.3. The topological polar surface area (TPSA) is 22.1 Å². The third kappa shape index (κ3) is 7.04. The van der Waals surface area contributed by atoms with Crippen LogP contribution >= 0.6 is 11.8 Å². The predicted molar refractivity (Wildman–Crippen MR) is 133 cm³/mol. The summed E-state index contributed by atoms with van der Waals surface area (Å²) in [6, 6.07) is 11.3. The minimum absolute atomic E-state index is 0.207. The van der Waals surface area contributed by atoms with Crippen molar-refractivity contribution in [2.24, 2.45) is 11.8 Å². The maximum atomic E-state index is 13.3. The highest BCUT2D eigenvalue weighted by Gasteiger charge is 2.26. The molecular formula is C28H31F2NOS. The summed E-state index contributed by atoms with van der Waals surface area (Å²) >= 11 is 1.94. The van der Waals surface area contributed by atoms with E-state index in [-0.39, 0.29) is 5.75 Å². The largest absolute Gasteiger partial charge is 0.433 e. The molecule has 2 aliphatic rings. The van der Waals surface area contributed by atoms with Crippen LogP contribution in [0.4, 0.5) is 8.78 Å². The van der Waals surface area contributed by atoms with Crippen molar-refractivity contribution < 1.29 is 13.5 Å². The molecule has 0 saturated carbocycles. The fraction of sp³-hybridized carbons (Fsp3) is 0.393. The maximum Gasteiger partial charge on any atom is 0.394 e. The highest BCUT2D eigenvalue weighted by molar-refractivity contribution is 8.07. The van der Waals surface area contributed by atoms with Gasteiger partial charge < -0.3 is 4.74 Å². The van der Waals surface area contributed by atoms with Gasteiger partial charge in [0.05, 0.1) is 0 Å². The summed E-state index contributed by atoms with van der Waals surface area (Å²) in [6.07, 6.45) is 13.8. The zero-order valence-corrected chi connectivity index (χ0v) is 20.1. The molecule has 2 aromatic rings. The molecule has 1 aliphatic carbocycles. The number of allylic oxidation sites excluding steroid dienone is 6. The number of aromatic nitrogens is 1. The van der Waals surface area contributed by atoms with Crippen molar-refractivity contribution in [1.82, 2.24) is 4.98 Å². The van der Waals surface area contributed by atoms with E-state index in [1.165, 1.54) is 20.9 Å². The van der Waals surface area contributed by atoms with Crippen LogP contribution in [0.2, 0.25) is 0 Å². The van der Waals surface area contributed by atoms with Crippen LogP contribution in [-0.2, 0) is 6.42 Å². The third-order valence-electron chi connectivity index (χ3n) is 6.07. The van der Waals surface area contributed by atoms with E-state index in [2.05, 4.69) is 42.3 Å². The summed E-state index contributed by atoms with van der Waals surface area (Å²) in [4.78, 5) is 6.99. The van der Waals surface area contributed by atoms with Crippen LogP contribution in [0.3, 0.4) is 0 Å². The highest BCUT2D eigenvalue weighted by Crippen LogP contribution is 2.47. The number of benzene rings is 1. The highest BCUT2D eigenvalue weighted by atomic mass is 32.2. The quantitative estimate of drug-likeness (QED) is 0.389. The van der Waals surface area contributed by atoms with Gasteiger partial charge in [0.1, 0.15) is 5.75 Å². The summed E-state index contributed by atoms with van der Waals surface area (Å²) < 4.78 is 31.4. The number of nitrogens with zero attached hydrogens (tertiary/aromatic N) is 1. The smallest absolute Gasteiger partial charge is 0.394 e. The van der Waals surface area contributed by atoms with Crippen molar-refractivity contribution in [3.8, 4) is 5.75 Å². The van der Waals surface area contributed by atoms with Crippen molar-refractivity contribution in [2.45, 2.75) is 58.5 Å². The second kappa shape index (κ2) is 10.7. The molecule has 0 saturated heterocycles. The fourth-order valence-electron chi connectivity index (χ4n) is 4.44. The number of aryl methyl sites for hydroxylation is 1. The average Bonchev–Trinajstić information content (AvgIpc) is 3.12. The van der Waals surface area contributed by atoms with E-state index in [1.54, 1.807) is 18.2 Å². The lowest BCUT2D eigenvalue weighted by Crippen LogP contribution is -2.19. The van der Waals surface area contributed by atoms with E-state index in [4.69, 9.17) is 4.74 Å². The molecule has 0 radical (unpaired) electrons. The minimum atomic E-state index is -3.18. The van der Waals surface area contributed by atoms with Crippen LogP contribution in [0.5, 0.6) is 5.75 Å². The first-order valence-corrected chi connectivity index (χ1v) is 12.5. The third-order valence-corrected chi connectivity index (χ3v) is 7.34. The molecule has 4 rings (SSSR count). The number of rotatable bonds is 8. The molecule has 1 aromatic carbocycles. The number of fused-ring (bicyclic) bond motifs is 1. The lowest BCUT2D eigenvalue weighted by Gasteiger charge is -2.18. The van der Waals surface area contributed by atoms with E-state index >= 15 is 0 Å². The Morgan fingerprint density at radius 1 is 1.15 bits per heavy atom. The molecule has 33 heavy (non-hydrogen) atoms. The van der Waals surface area contributed by atoms with Gasteiger partial charge in [-0.1, -0.05) is 49.0 Å². The van der Waals surface area contributed by atoms with Gasteiger partial charge in [-0.25, -0.2) is 0 Å². The summed E-state index contributed by atoms with van der Waals surface area (Å²) in [7, 11) is 0. The molecule has 1 aliphatic heterocycles. The second-order valence-corrected chi connectivity index (χ2v) is 10.3. The van der Waals surface area contributed by atoms with E-state index < -0.39 is 6.11 Å². The Labute approximate surface area is 199 Å². The molecule has 174 valence electrons. The van der Waals surface area contributed by atoms with E-state index in [0.717, 1.165) is 51.0 Å². The minimum Gasteiger partial charge on any atom is -0.433 e. The van der Waals surface area contributed by atoms with Crippen LogP contribution in [0.25, 0.3) is 5.57 Å². The van der Waals surface area contributed by atoms with Gasteiger partial charge in [-0.3, -0.25) is 4.98 Å². The first-order valence-electron chi connectivity index (χ1n) is 11.7. The summed E-state index contributed by atoms with van der Waals surface area (Å²) in [6.45, 7) is 3.10. The molecule has 2 atom stereocenters. The van der Waals surface area contributed by atoms with Gasteiger partial charge in [0.15, 0.2) is 0 Å². The molecule has 0 fully saturated rings. The molecule has 2 unspecified atom stereocenters. The predicted octanol–water partition coefficient (Wildman–Crippen LogP) is 8.43. The Kier molecular flexibility index (Phi) is 7.69. The van der Waals surface area contributed by atoms with Gasteiger partial charge in [-0.15, -0.1) is 0 Å². The zero-order chi connectivity index (χ0) is 23.3. The second-order valence-electron chi connectivity index (χ2n) is 9.10. The summed E-state index contributed by atoms with van der Waals surface area (Å²) in [5.74, 6) is 1.18. The van der Waals surface area contributed by atoms with Crippen molar-refractivity contribution in [1.29, 1.82) is 0 Å². The molecule has 5 heteroatoms. The van der Waals surface area contributed by atoms with Crippen molar-refractivity contribution in [2.75, 3.05) is 0 Å². The zero-order valence-electron chi connectivity index (χ0n) is 19.3. The number of thioether (sulfide) groups is 1. The molecule has 0 bridgehead atoms. The van der Waals surface area contributed by atoms with Crippen LogP contribution < -0.4 is 4.74 Å².